The van der Waals surface area contributed by atoms with Crippen molar-refractivity contribution in [3.63, 3.8) is 0 Å². The first-order chi connectivity index (χ1) is 7.41. The summed E-state index contributed by atoms with van der Waals surface area (Å²) in [6.07, 6.45) is -2.63. The van der Waals surface area contributed by atoms with Gasteiger partial charge in [0.05, 0.1) is 6.54 Å². The molecule has 0 unspecified atom stereocenters. The number of carboxylic acids is 1. The molecule has 16 heavy (non-hydrogen) atoms. The molecule has 1 rings (SSSR count). The van der Waals surface area contributed by atoms with Crippen molar-refractivity contribution in [2.75, 3.05) is 13.6 Å². The number of thiazole rings is 1. The Kier molecular flexibility index (Phi) is 3.88. The van der Waals surface area contributed by atoms with E-state index in [9.17, 15) is 18.4 Å². The number of alkyl halides is 2. The number of carbonyl (C=O) groups excluding carboxylic acids is 1. The zero-order valence-corrected chi connectivity index (χ0v) is 9.00. The van der Waals surface area contributed by atoms with Crippen molar-refractivity contribution in [1.29, 1.82) is 0 Å². The Balaban J connectivity index is 2.76. The van der Waals surface area contributed by atoms with E-state index in [1.165, 1.54) is 12.4 Å². The van der Waals surface area contributed by atoms with E-state index in [4.69, 9.17) is 5.11 Å². The molecule has 0 aliphatic rings. The van der Waals surface area contributed by atoms with Crippen molar-refractivity contribution >= 4 is 23.2 Å². The van der Waals surface area contributed by atoms with Crippen LogP contribution in [-0.4, -0.2) is 46.9 Å². The van der Waals surface area contributed by atoms with Crippen LogP contribution >= 0.6 is 11.3 Å². The number of aromatic carboxylic acids is 1. The van der Waals surface area contributed by atoms with E-state index in [1.807, 2.05) is 0 Å². The third kappa shape index (κ3) is 2.96. The second-order valence-corrected chi connectivity index (χ2v) is 3.78. The van der Waals surface area contributed by atoms with Gasteiger partial charge in [-0.25, -0.2) is 18.6 Å². The van der Waals surface area contributed by atoms with Crippen LogP contribution in [0.4, 0.5) is 8.78 Å². The minimum Gasteiger partial charge on any atom is -0.476 e. The monoisotopic (exact) mass is 250 g/mol. The van der Waals surface area contributed by atoms with Crippen LogP contribution in [0.1, 0.15) is 20.3 Å². The maximum atomic E-state index is 12.0. The normalized spacial score (nSPS) is 10.5. The molecular formula is C8H8F2N2O3S. The van der Waals surface area contributed by atoms with Crippen LogP contribution in [0.5, 0.6) is 0 Å². The quantitative estimate of drug-likeness (QED) is 0.871. The predicted molar refractivity (Wildman–Crippen MR) is 52.0 cm³/mol. The van der Waals surface area contributed by atoms with Gasteiger partial charge in [-0.3, -0.25) is 4.79 Å². The van der Waals surface area contributed by atoms with Crippen LogP contribution in [0.3, 0.4) is 0 Å². The molecule has 0 saturated heterocycles. The largest absolute Gasteiger partial charge is 0.476 e. The fourth-order valence-corrected chi connectivity index (χ4v) is 1.58. The molecule has 0 radical (unpaired) electrons. The van der Waals surface area contributed by atoms with Crippen molar-refractivity contribution in [2.45, 2.75) is 6.43 Å². The second kappa shape index (κ2) is 4.97. The Hall–Kier alpha value is -1.57. The number of nitrogens with zero attached hydrogens (tertiary/aromatic N) is 2. The Bertz CT molecular complexity index is 408. The average Bonchev–Trinajstić information content (AvgIpc) is 2.64. The van der Waals surface area contributed by atoms with Gasteiger partial charge in [0.25, 0.3) is 12.3 Å². The number of aromatic nitrogens is 1. The van der Waals surface area contributed by atoms with E-state index in [0.29, 0.717) is 0 Å². The van der Waals surface area contributed by atoms with Gasteiger partial charge in [-0.15, -0.1) is 11.3 Å². The Morgan fingerprint density at radius 1 is 1.62 bits per heavy atom. The summed E-state index contributed by atoms with van der Waals surface area (Å²) in [5.74, 6) is -1.97. The molecule has 0 aliphatic heterocycles. The molecule has 1 N–H and O–H groups in total. The Morgan fingerprint density at radius 3 is 2.69 bits per heavy atom. The topological polar surface area (TPSA) is 70.5 Å². The lowest BCUT2D eigenvalue weighted by atomic mass is 10.4. The first kappa shape index (κ1) is 12.5. The minimum atomic E-state index is -2.63. The third-order valence-electron chi connectivity index (χ3n) is 1.66. The van der Waals surface area contributed by atoms with E-state index in [0.717, 1.165) is 16.2 Å². The summed E-state index contributed by atoms with van der Waals surface area (Å²) in [6.45, 7) is -0.710. The molecule has 0 aliphatic carbocycles. The standard InChI is InChI=1S/C8H8F2N2O3S/c1-12(2-5(9)10)7(13)4-3-16-6(11-4)8(14)15/h3,5H,2H2,1H3,(H,14,15). The molecule has 1 aromatic rings. The summed E-state index contributed by atoms with van der Waals surface area (Å²) in [5.41, 5.74) is -0.134. The second-order valence-electron chi connectivity index (χ2n) is 2.92. The molecule has 0 spiro atoms. The number of hydrogen-bond donors (Lipinski definition) is 1. The maximum absolute atomic E-state index is 12.0. The SMILES string of the molecule is CN(CC(F)F)C(=O)c1csc(C(=O)O)n1. The van der Waals surface area contributed by atoms with E-state index < -0.39 is 24.8 Å². The molecule has 8 heteroatoms. The molecule has 1 amide bonds. The molecule has 5 nitrogen and oxygen atoms in total. The third-order valence-corrected chi connectivity index (χ3v) is 2.50. The number of hydrogen-bond acceptors (Lipinski definition) is 4. The highest BCUT2D eigenvalue weighted by Crippen LogP contribution is 2.11. The van der Waals surface area contributed by atoms with Gasteiger partial charge in [-0.2, -0.15) is 0 Å². The zero-order valence-electron chi connectivity index (χ0n) is 8.18. The number of carboxylic acid groups (broad SMARTS) is 1. The van der Waals surface area contributed by atoms with Crippen molar-refractivity contribution in [3.8, 4) is 0 Å². The molecule has 1 aromatic heterocycles. The highest BCUT2D eigenvalue weighted by Gasteiger charge is 2.20. The fraction of sp³-hybridized carbons (Fsp3) is 0.375. The fourth-order valence-electron chi connectivity index (χ4n) is 0.956. The number of carbonyl (C=O) groups is 2. The van der Waals surface area contributed by atoms with Gasteiger partial charge in [0.2, 0.25) is 5.01 Å². The van der Waals surface area contributed by atoms with Gasteiger partial charge >= 0.3 is 5.97 Å². The van der Waals surface area contributed by atoms with Crippen LogP contribution in [0.25, 0.3) is 0 Å². The van der Waals surface area contributed by atoms with Crippen molar-refractivity contribution < 1.29 is 23.5 Å². The first-order valence-corrected chi connectivity index (χ1v) is 5.02. The molecule has 0 aromatic carbocycles. The zero-order chi connectivity index (χ0) is 12.3. The molecule has 0 fully saturated rings. The van der Waals surface area contributed by atoms with E-state index >= 15 is 0 Å². The summed E-state index contributed by atoms with van der Waals surface area (Å²) >= 11 is 0.777. The van der Waals surface area contributed by atoms with E-state index in [1.54, 1.807) is 0 Å². The number of halogens is 2. The highest BCUT2D eigenvalue weighted by atomic mass is 32.1. The van der Waals surface area contributed by atoms with Gasteiger partial charge < -0.3 is 10.0 Å². The summed E-state index contributed by atoms with van der Waals surface area (Å²) in [7, 11) is 1.20. The highest BCUT2D eigenvalue weighted by molar-refractivity contribution is 7.11. The minimum absolute atomic E-state index is 0.134. The summed E-state index contributed by atoms with van der Waals surface area (Å²) in [4.78, 5) is 26.3. The van der Waals surface area contributed by atoms with Gasteiger partial charge in [0.1, 0.15) is 5.69 Å². The summed E-state index contributed by atoms with van der Waals surface area (Å²) < 4.78 is 24.0. The molecule has 88 valence electrons. The van der Waals surface area contributed by atoms with Crippen LogP contribution in [0.15, 0.2) is 5.38 Å². The van der Waals surface area contributed by atoms with Crippen molar-refractivity contribution in [2.24, 2.45) is 0 Å². The van der Waals surface area contributed by atoms with Crippen molar-refractivity contribution in [1.82, 2.24) is 9.88 Å². The molecule has 0 bridgehead atoms. The lowest BCUT2D eigenvalue weighted by Gasteiger charge is -2.14. The van der Waals surface area contributed by atoms with Gasteiger partial charge in [-0.1, -0.05) is 0 Å². The van der Waals surface area contributed by atoms with Gasteiger partial charge in [-0.05, 0) is 0 Å². The van der Waals surface area contributed by atoms with Crippen LogP contribution in [-0.2, 0) is 0 Å². The van der Waals surface area contributed by atoms with Crippen LogP contribution in [0.2, 0.25) is 0 Å². The average molecular weight is 250 g/mol. The first-order valence-electron chi connectivity index (χ1n) is 4.14. The lowest BCUT2D eigenvalue weighted by Crippen LogP contribution is -2.31. The predicted octanol–water partition coefficient (Wildman–Crippen LogP) is 1.18. The summed E-state index contributed by atoms with van der Waals surface area (Å²) in [5, 5.41) is 9.56. The molecule has 0 saturated carbocycles. The molecular weight excluding hydrogens is 242 g/mol. The Morgan fingerprint density at radius 2 is 2.25 bits per heavy atom. The smallest absolute Gasteiger partial charge is 0.365 e. The summed E-state index contributed by atoms with van der Waals surface area (Å²) in [6, 6.07) is 0. The van der Waals surface area contributed by atoms with Crippen molar-refractivity contribution in [3.05, 3.63) is 16.1 Å². The van der Waals surface area contributed by atoms with Gasteiger partial charge in [0.15, 0.2) is 0 Å². The number of amides is 1. The number of rotatable bonds is 4. The van der Waals surface area contributed by atoms with Crippen LogP contribution in [0, 0.1) is 0 Å². The Labute approximate surface area is 93.3 Å². The maximum Gasteiger partial charge on any atom is 0.365 e. The van der Waals surface area contributed by atoms with Crippen LogP contribution < -0.4 is 0 Å². The van der Waals surface area contributed by atoms with Gasteiger partial charge in [0, 0.05) is 12.4 Å². The lowest BCUT2D eigenvalue weighted by molar-refractivity contribution is 0.0615. The van der Waals surface area contributed by atoms with E-state index in [-0.39, 0.29) is 10.7 Å². The van der Waals surface area contributed by atoms with E-state index in [2.05, 4.69) is 4.98 Å². The molecule has 0 atom stereocenters. The molecule has 1 heterocycles.